The lowest BCUT2D eigenvalue weighted by Gasteiger charge is -2.13. The second-order valence-electron chi connectivity index (χ2n) is 6.32. The molecule has 0 aromatic heterocycles. The highest BCUT2D eigenvalue weighted by atomic mass is 35.5. The van der Waals surface area contributed by atoms with E-state index in [0.29, 0.717) is 6.54 Å². The minimum absolute atomic E-state index is 0.715. The van der Waals surface area contributed by atoms with Gasteiger partial charge in [-0.3, -0.25) is 0 Å². The summed E-state index contributed by atoms with van der Waals surface area (Å²) in [6.07, 6.45) is 2.10. The van der Waals surface area contributed by atoms with Crippen molar-refractivity contribution >= 4 is 40.7 Å². The van der Waals surface area contributed by atoms with Crippen LogP contribution in [-0.2, 0) is 6.54 Å². The Morgan fingerprint density at radius 1 is 1.00 bits per heavy atom. The molecule has 0 aliphatic heterocycles. The Labute approximate surface area is 188 Å². The molecule has 2 nitrogen and oxygen atoms in total. The van der Waals surface area contributed by atoms with Crippen LogP contribution in [0.5, 0.6) is 0 Å². The quantitative estimate of drug-likeness (QED) is 0.378. The Balaban J connectivity index is 1.74. The SMILES string of the molecule is C=C(NC/C(=C/C)SC(=C)NCc1ccccc1)S/C=C(\C)c1ccc(Cl)cc1. The first kappa shape index (κ1) is 23.3. The molecule has 0 atom stereocenters. The molecule has 152 valence electrons. The lowest BCUT2D eigenvalue weighted by atomic mass is 10.1. The van der Waals surface area contributed by atoms with E-state index >= 15 is 0 Å². The van der Waals surface area contributed by atoms with Crippen LogP contribution in [0.25, 0.3) is 5.57 Å². The standard InChI is InChI=1S/C24H27ClN2S2/c1-5-24(29-20(4)26-15-21-9-7-6-8-10-21)16-27-19(3)28-17-18(2)22-11-13-23(25)14-12-22/h5-14,17,26-27H,3-4,15-16H2,1-2H3/b18-17+,24-5-. The topological polar surface area (TPSA) is 24.1 Å². The summed E-state index contributed by atoms with van der Waals surface area (Å²) in [5, 5.41) is 11.4. The Kier molecular flexibility index (Phi) is 10.1. The summed E-state index contributed by atoms with van der Waals surface area (Å²) in [5.41, 5.74) is 3.57. The van der Waals surface area contributed by atoms with Gasteiger partial charge in [0.25, 0.3) is 0 Å². The minimum Gasteiger partial charge on any atom is -0.376 e. The van der Waals surface area contributed by atoms with E-state index in [0.717, 1.165) is 27.2 Å². The molecule has 0 spiro atoms. The molecule has 0 unspecified atom stereocenters. The zero-order valence-corrected chi connectivity index (χ0v) is 19.3. The van der Waals surface area contributed by atoms with Gasteiger partial charge >= 0.3 is 0 Å². The molecular formula is C24H27ClN2S2. The summed E-state index contributed by atoms with van der Waals surface area (Å²) < 4.78 is 0. The summed E-state index contributed by atoms with van der Waals surface area (Å²) in [4.78, 5) is 1.19. The molecular weight excluding hydrogens is 416 g/mol. The van der Waals surface area contributed by atoms with Gasteiger partial charge in [0.2, 0.25) is 0 Å². The largest absolute Gasteiger partial charge is 0.376 e. The van der Waals surface area contributed by atoms with Gasteiger partial charge in [0.1, 0.15) is 0 Å². The van der Waals surface area contributed by atoms with Crippen molar-refractivity contribution in [3.05, 3.63) is 110 Å². The maximum absolute atomic E-state index is 5.95. The maximum atomic E-state index is 5.95. The van der Waals surface area contributed by atoms with E-state index in [4.69, 9.17) is 11.6 Å². The van der Waals surface area contributed by atoms with Crippen molar-refractivity contribution in [2.24, 2.45) is 0 Å². The van der Waals surface area contributed by atoms with Crippen LogP contribution < -0.4 is 10.6 Å². The summed E-state index contributed by atoms with van der Waals surface area (Å²) in [5.74, 6) is 0. The smallest absolute Gasteiger partial charge is 0.0656 e. The highest BCUT2D eigenvalue weighted by molar-refractivity contribution is 8.06. The molecule has 2 aromatic carbocycles. The number of hydrogen-bond acceptors (Lipinski definition) is 4. The van der Waals surface area contributed by atoms with E-state index in [-0.39, 0.29) is 0 Å². The molecule has 0 radical (unpaired) electrons. The summed E-state index contributed by atoms with van der Waals surface area (Å²) >= 11 is 9.18. The van der Waals surface area contributed by atoms with Crippen molar-refractivity contribution < 1.29 is 0 Å². The van der Waals surface area contributed by atoms with E-state index < -0.39 is 0 Å². The predicted molar refractivity (Wildman–Crippen MR) is 134 cm³/mol. The molecule has 0 aliphatic carbocycles. The van der Waals surface area contributed by atoms with Gasteiger partial charge in [-0.1, -0.05) is 96.8 Å². The minimum atomic E-state index is 0.715. The number of halogens is 1. The van der Waals surface area contributed by atoms with Crippen LogP contribution in [-0.4, -0.2) is 6.54 Å². The highest BCUT2D eigenvalue weighted by Crippen LogP contribution is 2.25. The Hall–Kier alpha value is -2.01. The molecule has 2 rings (SSSR count). The fourth-order valence-corrected chi connectivity index (χ4v) is 3.82. The van der Waals surface area contributed by atoms with E-state index in [2.05, 4.69) is 54.3 Å². The summed E-state index contributed by atoms with van der Waals surface area (Å²) in [6, 6.07) is 18.2. The normalized spacial score (nSPS) is 11.8. The van der Waals surface area contributed by atoms with Crippen molar-refractivity contribution in [3.63, 3.8) is 0 Å². The summed E-state index contributed by atoms with van der Waals surface area (Å²) in [7, 11) is 0. The van der Waals surface area contributed by atoms with E-state index in [1.807, 2.05) is 49.4 Å². The molecule has 2 N–H and O–H groups in total. The average molecular weight is 443 g/mol. The van der Waals surface area contributed by atoms with E-state index in [1.165, 1.54) is 16.0 Å². The zero-order chi connectivity index (χ0) is 21.1. The number of allylic oxidation sites excluding steroid dienone is 2. The average Bonchev–Trinajstić information content (AvgIpc) is 2.74. The highest BCUT2D eigenvalue weighted by Gasteiger charge is 2.03. The fraction of sp³-hybridized carbons (Fsp3) is 0.167. The van der Waals surface area contributed by atoms with Gasteiger partial charge in [0.05, 0.1) is 10.1 Å². The zero-order valence-electron chi connectivity index (χ0n) is 16.9. The number of hydrogen-bond donors (Lipinski definition) is 2. The Bertz CT molecular complexity index is 872. The molecule has 0 amide bonds. The van der Waals surface area contributed by atoms with Gasteiger partial charge in [-0.25, -0.2) is 0 Å². The monoisotopic (exact) mass is 442 g/mol. The van der Waals surface area contributed by atoms with Crippen LogP contribution in [0.15, 0.2) is 94.2 Å². The van der Waals surface area contributed by atoms with Gasteiger partial charge in [-0.05, 0) is 48.1 Å². The van der Waals surface area contributed by atoms with Gasteiger partial charge in [-0.2, -0.15) is 0 Å². The number of benzene rings is 2. The van der Waals surface area contributed by atoms with Crippen LogP contribution in [0.4, 0.5) is 0 Å². The molecule has 0 saturated heterocycles. The van der Waals surface area contributed by atoms with Crippen LogP contribution in [0.3, 0.4) is 0 Å². The maximum Gasteiger partial charge on any atom is 0.0656 e. The fourth-order valence-electron chi connectivity index (χ4n) is 2.36. The van der Waals surface area contributed by atoms with Crippen molar-refractivity contribution in [1.82, 2.24) is 10.6 Å². The first-order valence-electron chi connectivity index (χ1n) is 9.30. The lowest BCUT2D eigenvalue weighted by molar-refractivity contribution is 0.859. The van der Waals surface area contributed by atoms with Crippen LogP contribution in [0.2, 0.25) is 5.02 Å². The number of nitrogens with one attached hydrogen (secondary N) is 2. The van der Waals surface area contributed by atoms with Crippen LogP contribution in [0, 0.1) is 0 Å². The summed E-state index contributed by atoms with van der Waals surface area (Å²) in [6.45, 7) is 13.8. The number of thioether (sulfide) groups is 2. The van der Waals surface area contributed by atoms with E-state index in [1.54, 1.807) is 23.5 Å². The van der Waals surface area contributed by atoms with Gasteiger partial charge < -0.3 is 10.6 Å². The van der Waals surface area contributed by atoms with Crippen LogP contribution >= 0.6 is 35.1 Å². The molecule has 2 aromatic rings. The van der Waals surface area contributed by atoms with Gasteiger partial charge in [0.15, 0.2) is 0 Å². The molecule has 0 heterocycles. The van der Waals surface area contributed by atoms with Gasteiger partial charge in [-0.15, -0.1) is 0 Å². The molecule has 0 fully saturated rings. The lowest BCUT2D eigenvalue weighted by Crippen LogP contribution is -2.15. The van der Waals surface area contributed by atoms with Crippen molar-refractivity contribution in [1.29, 1.82) is 0 Å². The first-order chi connectivity index (χ1) is 14.0. The van der Waals surface area contributed by atoms with Crippen molar-refractivity contribution in [2.75, 3.05) is 6.54 Å². The second kappa shape index (κ2) is 12.5. The Morgan fingerprint density at radius 2 is 1.69 bits per heavy atom. The molecule has 0 bridgehead atoms. The third-order valence-corrected chi connectivity index (χ3v) is 6.23. The first-order valence-corrected chi connectivity index (χ1v) is 11.4. The third-order valence-electron chi connectivity index (χ3n) is 4.05. The third kappa shape index (κ3) is 8.90. The van der Waals surface area contributed by atoms with Crippen molar-refractivity contribution in [2.45, 2.75) is 20.4 Å². The van der Waals surface area contributed by atoms with Crippen molar-refractivity contribution in [3.8, 4) is 0 Å². The molecule has 0 aliphatic rings. The predicted octanol–water partition coefficient (Wildman–Crippen LogP) is 7.39. The number of rotatable bonds is 11. The molecule has 29 heavy (non-hydrogen) atoms. The van der Waals surface area contributed by atoms with Crippen LogP contribution in [0.1, 0.15) is 25.0 Å². The molecule has 0 saturated carbocycles. The van der Waals surface area contributed by atoms with Gasteiger partial charge in [0, 0.05) is 23.0 Å². The Morgan fingerprint density at radius 3 is 2.34 bits per heavy atom. The van der Waals surface area contributed by atoms with E-state index in [9.17, 15) is 0 Å². The molecule has 5 heteroatoms. The second-order valence-corrected chi connectivity index (χ2v) is 8.94.